The summed E-state index contributed by atoms with van der Waals surface area (Å²) in [6.45, 7) is 4.40. The monoisotopic (exact) mass is 233 g/mol. The lowest BCUT2D eigenvalue weighted by atomic mass is 10.2. The molecule has 0 aliphatic carbocycles. The Labute approximate surface area is 100 Å². The van der Waals surface area contributed by atoms with E-state index in [9.17, 15) is 4.39 Å². The van der Waals surface area contributed by atoms with Crippen molar-refractivity contribution in [2.24, 2.45) is 7.05 Å². The molecular weight excluding hydrogens is 217 g/mol. The first-order valence-corrected chi connectivity index (χ1v) is 5.57. The first-order valence-electron chi connectivity index (χ1n) is 5.57. The summed E-state index contributed by atoms with van der Waals surface area (Å²) in [5.41, 5.74) is 3.63. The maximum atomic E-state index is 13.4. The Kier molecular flexibility index (Phi) is 3.13. The van der Waals surface area contributed by atoms with Crippen LogP contribution in [0.5, 0.6) is 0 Å². The van der Waals surface area contributed by atoms with E-state index in [0.29, 0.717) is 12.1 Å². The Balaban J connectivity index is 2.15. The van der Waals surface area contributed by atoms with Crippen LogP contribution in [0.4, 0.5) is 10.1 Å². The molecule has 0 amide bonds. The summed E-state index contributed by atoms with van der Waals surface area (Å²) >= 11 is 0. The van der Waals surface area contributed by atoms with Crippen LogP contribution in [0, 0.1) is 19.7 Å². The smallest absolute Gasteiger partial charge is 0.128 e. The summed E-state index contributed by atoms with van der Waals surface area (Å²) in [5.74, 6) is -0.181. The summed E-state index contributed by atoms with van der Waals surface area (Å²) in [4.78, 5) is 0. The molecule has 0 unspecified atom stereocenters. The Morgan fingerprint density at radius 1 is 1.29 bits per heavy atom. The molecule has 0 atom stereocenters. The van der Waals surface area contributed by atoms with Crippen LogP contribution in [-0.4, -0.2) is 9.78 Å². The maximum Gasteiger partial charge on any atom is 0.128 e. The zero-order valence-electron chi connectivity index (χ0n) is 10.3. The number of nitrogens with zero attached hydrogens (tertiary/aromatic N) is 2. The molecule has 1 heterocycles. The quantitative estimate of drug-likeness (QED) is 0.883. The summed E-state index contributed by atoms with van der Waals surface area (Å²) in [5, 5.41) is 7.54. The molecule has 0 saturated carbocycles. The summed E-state index contributed by atoms with van der Waals surface area (Å²) in [6, 6.07) is 6.78. The second kappa shape index (κ2) is 4.57. The van der Waals surface area contributed by atoms with E-state index >= 15 is 0 Å². The van der Waals surface area contributed by atoms with E-state index in [-0.39, 0.29) is 5.82 Å². The van der Waals surface area contributed by atoms with Crippen LogP contribution < -0.4 is 5.32 Å². The Morgan fingerprint density at radius 2 is 2.00 bits per heavy atom. The van der Waals surface area contributed by atoms with Gasteiger partial charge < -0.3 is 5.32 Å². The van der Waals surface area contributed by atoms with Crippen molar-refractivity contribution in [1.82, 2.24) is 9.78 Å². The highest BCUT2D eigenvalue weighted by Gasteiger charge is 2.09. The van der Waals surface area contributed by atoms with Crippen LogP contribution in [0.15, 0.2) is 24.3 Å². The Morgan fingerprint density at radius 3 is 2.59 bits per heavy atom. The van der Waals surface area contributed by atoms with Crippen molar-refractivity contribution in [3.8, 4) is 0 Å². The molecule has 1 aromatic heterocycles. The predicted molar refractivity (Wildman–Crippen MR) is 66.4 cm³/mol. The van der Waals surface area contributed by atoms with Crippen LogP contribution in [-0.2, 0) is 13.6 Å². The second-order valence-electron chi connectivity index (χ2n) is 4.11. The lowest BCUT2D eigenvalue weighted by Crippen LogP contribution is -2.03. The van der Waals surface area contributed by atoms with E-state index in [1.165, 1.54) is 6.07 Å². The third-order valence-corrected chi connectivity index (χ3v) is 2.92. The number of hydrogen-bond acceptors (Lipinski definition) is 2. The second-order valence-corrected chi connectivity index (χ2v) is 4.11. The molecule has 0 aliphatic rings. The van der Waals surface area contributed by atoms with E-state index in [2.05, 4.69) is 10.4 Å². The molecule has 0 radical (unpaired) electrons. The summed E-state index contributed by atoms with van der Waals surface area (Å²) < 4.78 is 15.3. The van der Waals surface area contributed by atoms with Gasteiger partial charge in [-0.15, -0.1) is 0 Å². The highest BCUT2D eigenvalue weighted by Crippen LogP contribution is 2.19. The first kappa shape index (κ1) is 11.6. The van der Waals surface area contributed by atoms with Crippen molar-refractivity contribution in [1.29, 1.82) is 0 Å². The fraction of sp³-hybridized carbons (Fsp3) is 0.308. The number of aromatic nitrogens is 2. The van der Waals surface area contributed by atoms with Crippen LogP contribution in [0.3, 0.4) is 0 Å². The van der Waals surface area contributed by atoms with Gasteiger partial charge in [0, 0.05) is 19.2 Å². The highest BCUT2D eigenvalue weighted by atomic mass is 19.1. The van der Waals surface area contributed by atoms with E-state index in [4.69, 9.17) is 0 Å². The van der Waals surface area contributed by atoms with Gasteiger partial charge in [-0.3, -0.25) is 4.68 Å². The molecule has 17 heavy (non-hydrogen) atoms. The number of hydrogen-bond donors (Lipinski definition) is 1. The topological polar surface area (TPSA) is 29.9 Å². The van der Waals surface area contributed by atoms with Crippen molar-refractivity contribution in [2.75, 3.05) is 5.32 Å². The minimum Gasteiger partial charge on any atom is -0.378 e. The zero-order valence-corrected chi connectivity index (χ0v) is 10.3. The standard InChI is InChI=1S/C13H16FN3/c1-9-13(10(2)17(3)16-9)15-8-11-6-4-5-7-12(11)14/h4-7,15H,8H2,1-3H3. The lowest BCUT2D eigenvalue weighted by Gasteiger charge is -2.07. The van der Waals surface area contributed by atoms with Gasteiger partial charge in [-0.2, -0.15) is 5.10 Å². The Hall–Kier alpha value is -1.84. The van der Waals surface area contributed by atoms with Crippen molar-refractivity contribution in [2.45, 2.75) is 20.4 Å². The normalized spacial score (nSPS) is 10.6. The lowest BCUT2D eigenvalue weighted by molar-refractivity contribution is 0.613. The van der Waals surface area contributed by atoms with Crippen molar-refractivity contribution in [3.63, 3.8) is 0 Å². The van der Waals surface area contributed by atoms with Gasteiger partial charge in [0.1, 0.15) is 5.82 Å². The van der Waals surface area contributed by atoms with E-state index in [0.717, 1.165) is 17.1 Å². The van der Waals surface area contributed by atoms with Crippen LogP contribution in [0.1, 0.15) is 17.0 Å². The van der Waals surface area contributed by atoms with Gasteiger partial charge in [0.25, 0.3) is 0 Å². The largest absolute Gasteiger partial charge is 0.378 e. The van der Waals surface area contributed by atoms with Gasteiger partial charge >= 0.3 is 0 Å². The molecule has 2 aromatic rings. The fourth-order valence-electron chi connectivity index (χ4n) is 1.85. The molecule has 0 saturated heterocycles. The highest BCUT2D eigenvalue weighted by molar-refractivity contribution is 5.52. The number of nitrogens with one attached hydrogen (secondary N) is 1. The van der Waals surface area contributed by atoms with Gasteiger partial charge in [-0.1, -0.05) is 18.2 Å². The zero-order chi connectivity index (χ0) is 12.4. The van der Waals surface area contributed by atoms with Gasteiger partial charge in [0.05, 0.1) is 17.1 Å². The molecule has 0 aliphatic heterocycles. The van der Waals surface area contributed by atoms with E-state index in [1.54, 1.807) is 12.1 Å². The number of rotatable bonds is 3. The fourth-order valence-corrected chi connectivity index (χ4v) is 1.85. The molecular formula is C13H16FN3. The van der Waals surface area contributed by atoms with Gasteiger partial charge in [0.2, 0.25) is 0 Å². The third kappa shape index (κ3) is 2.30. The third-order valence-electron chi connectivity index (χ3n) is 2.92. The molecule has 90 valence electrons. The number of anilines is 1. The number of aryl methyl sites for hydroxylation is 2. The van der Waals surface area contributed by atoms with Crippen molar-refractivity contribution in [3.05, 3.63) is 47.0 Å². The average molecular weight is 233 g/mol. The SMILES string of the molecule is Cc1nn(C)c(C)c1NCc1ccccc1F. The predicted octanol–water partition coefficient (Wildman–Crippen LogP) is 2.79. The summed E-state index contributed by atoms with van der Waals surface area (Å²) in [6.07, 6.45) is 0. The Bertz CT molecular complexity index is 531. The van der Waals surface area contributed by atoms with Gasteiger partial charge in [-0.05, 0) is 19.9 Å². The first-order chi connectivity index (χ1) is 8.09. The molecule has 3 nitrogen and oxygen atoms in total. The van der Waals surface area contributed by atoms with Crippen molar-refractivity contribution < 1.29 is 4.39 Å². The molecule has 0 spiro atoms. The average Bonchev–Trinajstić information content (AvgIpc) is 2.53. The molecule has 1 aromatic carbocycles. The van der Waals surface area contributed by atoms with Gasteiger partial charge in [-0.25, -0.2) is 4.39 Å². The molecule has 1 N–H and O–H groups in total. The van der Waals surface area contributed by atoms with Crippen LogP contribution in [0.25, 0.3) is 0 Å². The minimum atomic E-state index is -0.181. The molecule has 4 heteroatoms. The minimum absolute atomic E-state index is 0.181. The molecule has 2 rings (SSSR count). The van der Waals surface area contributed by atoms with E-state index < -0.39 is 0 Å². The van der Waals surface area contributed by atoms with E-state index in [1.807, 2.05) is 31.6 Å². The van der Waals surface area contributed by atoms with Crippen LogP contribution in [0.2, 0.25) is 0 Å². The number of benzene rings is 1. The molecule has 0 bridgehead atoms. The summed E-state index contributed by atoms with van der Waals surface area (Å²) in [7, 11) is 1.90. The van der Waals surface area contributed by atoms with Crippen LogP contribution >= 0.6 is 0 Å². The molecule has 0 fully saturated rings. The maximum absolute atomic E-state index is 13.4. The van der Waals surface area contributed by atoms with Gasteiger partial charge in [0.15, 0.2) is 0 Å². The van der Waals surface area contributed by atoms with Crippen molar-refractivity contribution >= 4 is 5.69 Å². The number of halogens is 1.